The molecule has 6 heteroatoms. The molecule has 0 radical (unpaired) electrons. The van der Waals surface area contributed by atoms with Gasteiger partial charge in [0.2, 0.25) is 0 Å². The Balaban J connectivity index is 1.68. The van der Waals surface area contributed by atoms with Crippen molar-refractivity contribution in [2.45, 2.75) is 20.4 Å². The van der Waals surface area contributed by atoms with Crippen LogP contribution in [0.1, 0.15) is 29.8 Å². The van der Waals surface area contributed by atoms with Gasteiger partial charge in [0.25, 0.3) is 5.91 Å². The molecule has 0 atom stereocenters. The van der Waals surface area contributed by atoms with Crippen LogP contribution in [0.3, 0.4) is 0 Å². The third-order valence-corrected chi connectivity index (χ3v) is 4.85. The van der Waals surface area contributed by atoms with Crippen molar-refractivity contribution in [2.24, 2.45) is 11.5 Å². The van der Waals surface area contributed by atoms with Crippen LogP contribution in [0.2, 0.25) is 0 Å². The van der Waals surface area contributed by atoms with Gasteiger partial charge in [0.05, 0.1) is 24.1 Å². The highest BCUT2D eigenvalue weighted by Crippen LogP contribution is 2.17. The van der Waals surface area contributed by atoms with E-state index >= 15 is 0 Å². The van der Waals surface area contributed by atoms with Gasteiger partial charge in [0.1, 0.15) is 0 Å². The van der Waals surface area contributed by atoms with E-state index in [9.17, 15) is 4.79 Å². The number of hydrogen-bond acceptors (Lipinski definition) is 4. The molecule has 0 aliphatic rings. The number of carbonyl (C=O) groups excluding carboxylic acids is 1. The second kappa shape index (κ2) is 9.13. The summed E-state index contributed by atoms with van der Waals surface area (Å²) < 4.78 is 1.76. The van der Waals surface area contributed by atoms with E-state index in [0.717, 1.165) is 22.3 Å². The summed E-state index contributed by atoms with van der Waals surface area (Å²) in [7, 11) is 0. The summed E-state index contributed by atoms with van der Waals surface area (Å²) in [6.45, 7) is 8.66. The molecule has 0 aliphatic carbocycles. The van der Waals surface area contributed by atoms with Crippen LogP contribution in [0.25, 0.3) is 10.8 Å². The Morgan fingerprint density at radius 1 is 1.17 bits per heavy atom. The molecule has 1 heterocycles. The molecule has 154 valence electrons. The molecule has 0 saturated heterocycles. The van der Waals surface area contributed by atoms with Crippen molar-refractivity contribution in [3.63, 3.8) is 0 Å². The molecule has 5 N–H and O–H groups in total. The molecule has 3 rings (SSSR count). The summed E-state index contributed by atoms with van der Waals surface area (Å²) >= 11 is 0. The van der Waals surface area contributed by atoms with Gasteiger partial charge in [-0.2, -0.15) is 5.10 Å². The number of nitrogens with two attached hydrogens (primary N) is 2. The van der Waals surface area contributed by atoms with E-state index in [2.05, 4.69) is 47.3 Å². The van der Waals surface area contributed by atoms with Crippen molar-refractivity contribution in [3.05, 3.63) is 101 Å². The number of carbonyl (C=O) groups is 1. The first-order valence-corrected chi connectivity index (χ1v) is 9.70. The van der Waals surface area contributed by atoms with Crippen LogP contribution in [0.5, 0.6) is 0 Å². The fourth-order valence-electron chi connectivity index (χ4n) is 3.33. The summed E-state index contributed by atoms with van der Waals surface area (Å²) in [6, 6.07) is 14.5. The molecular formula is C24H27N5O. The normalized spacial score (nSPS) is 11.7. The first-order chi connectivity index (χ1) is 14.3. The predicted octanol–water partition coefficient (Wildman–Crippen LogP) is 3.47. The quantitative estimate of drug-likeness (QED) is 0.528. The molecule has 30 heavy (non-hydrogen) atoms. The average molecular weight is 402 g/mol. The molecule has 1 amide bonds. The summed E-state index contributed by atoms with van der Waals surface area (Å²) in [6.07, 6.45) is 4.99. The van der Waals surface area contributed by atoms with Crippen LogP contribution >= 0.6 is 0 Å². The fourth-order valence-corrected chi connectivity index (χ4v) is 3.33. The Morgan fingerprint density at radius 2 is 1.90 bits per heavy atom. The monoisotopic (exact) mass is 401 g/mol. The molecule has 6 nitrogen and oxygen atoms in total. The molecule has 0 fully saturated rings. The van der Waals surface area contributed by atoms with Gasteiger partial charge in [-0.25, -0.2) is 0 Å². The number of benzene rings is 2. The zero-order chi connectivity index (χ0) is 21.7. The molecule has 3 aromatic rings. The number of rotatable bonds is 7. The van der Waals surface area contributed by atoms with Crippen molar-refractivity contribution in [3.8, 4) is 0 Å². The minimum absolute atomic E-state index is 0.198. The number of nitrogens with one attached hydrogen (secondary N) is 1. The Kier molecular flexibility index (Phi) is 6.37. The van der Waals surface area contributed by atoms with E-state index in [4.69, 9.17) is 11.5 Å². The molecule has 0 saturated carbocycles. The van der Waals surface area contributed by atoms with E-state index in [1.165, 1.54) is 10.8 Å². The van der Waals surface area contributed by atoms with Crippen molar-refractivity contribution < 1.29 is 4.79 Å². The Bertz CT molecular complexity index is 1150. The molecule has 0 bridgehead atoms. The molecule has 1 aromatic heterocycles. The van der Waals surface area contributed by atoms with Crippen LogP contribution in [0.15, 0.2) is 90.1 Å². The lowest BCUT2D eigenvalue weighted by atomic mass is 10.0. The van der Waals surface area contributed by atoms with Gasteiger partial charge in [0, 0.05) is 12.7 Å². The highest BCUT2D eigenvalue weighted by Gasteiger charge is 2.11. The molecule has 0 unspecified atom stereocenters. The predicted molar refractivity (Wildman–Crippen MR) is 122 cm³/mol. The second-order valence-electron chi connectivity index (χ2n) is 7.38. The first-order valence-electron chi connectivity index (χ1n) is 9.70. The van der Waals surface area contributed by atoms with Gasteiger partial charge in [-0.1, -0.05) is 48.6 Å². The van der Waals surface area contributed by atoms with Gasteiger partial charge < -0.3 is 16.8 Å². The summed E-state index contributed by atoms with van der Waals surface area (Å²) in [4.78, 5) is 12.6. The van der Waals surface area contributed by atoms with Crippen molar-refractivity contribution in [1.82, 2.24) is 15.1 Å². The van der Waals surface area contributed by atoms with E-state index in [1.807, 2.05) is 26.0 Å². The van der Waals surface area contributed by atoms with Crippen molar-refractivity contribution >= 4 is 16.7 Å². The van der Waals surface area contributed by atoms with Crippen LogP contribution in [0.4, 0.5) is 0 Å². The minimum Gasteiger partial charge on any atom is -0.386 e. The van der Waals surface area contributed by atoms with Gasteiger partial charge in [0.15, 0.2) is 0 Å². The maximum absolute atomic E-state index is 12.6. The molecular weight excluding hydrogens is 374 g/mol. The zero-order valence-electron chi connectivity index (χ0n) is 17.4. The van der Waals surface area contributed by atoms with Crippen LogP contribution in [-0.4, -0.2) is 22.2 Å². The van der Waals surface area contributed by atoms with Gasteiger partial charge >= 0.3 is 0 Å². The third-order valence-electron chi connectivity index (χ3n) is 4.85. The standard InChI is InChI=1S/C24H27N5O/c1-16(2)22(17(3)10-23(25)26)13-27-24(30)21-12-28-29(15-21)14-18-8-9-19-6-4-5-7-20(19)11-18/h4-12,15H,1,13-14,25-26H2,2-3H3,(H,27,30)/b22-17-. The summed E-state index contributed by atoms with van der Waals surface area (Å²) in [5.74, 6) is 0.0172. The Hall–Kier alpha value is -3.80. The lowest BCUT2D eigenvalue weighted by molar-refractivity contribution is 0.0957. The maximum atomic E-state index is 12.6. The topological polar surface area (TPSA) is 99.0 Å². The van der Waals surface area contributed by atoms with E-state index in [-0.39, 0.29) is 11.7 Å². The van der Waals surface area contributed by atoms with E-state index in [0.29, 0.717) is 18.7 Å². The lowest BCUT2D eigenvalue weighted by Gasteiger charge is -2.11. The van der Waals surface area contributed by atoms with E-state index in [1.54, 1.807) is 23.2 Å². The lowest BCUT2D eigenvalue weighted by Crippen LogP contribution is -2.26. The van der Waals surface area contributed by atoms with E-state index < -0.39 is 0 Å². The summed E-state index contributed by atoms with van der Waals surface area (Å²) in [5, 5.41) is 9.63. The van der Waals surface area contributed by atoms with Crippen LogP contribution in [-0.2, 0) is 6.54 Å². The Labute approximate surface area is 176 Å². The summed E-state index contributed by atoms with van der Waals surface area (Å²) in [5.41, 5.74) is 15.3. The fraction of sp³-hybridized carbons (Fsp3) is 0.167. The van der Waals surface area contributed by atoms with Gasteiger partial charge in [-0.05, 0) is 53.5 Å². The van der Waals surface area contributed by atoms with Crippen LogP contribution in [0, 0.1) is 0 Å². The highest BCUT2D eigenvalue weighted by molar-refractivity contribution is 5.93. The van der Waals surface area contributed by atoms with Gasteiger partial charge in [-0.3, -0.25) is 9.48 Å². The van der Waals surface area contributed by atoms with Crippen LogP contribution < -0.4 is 16.8 Å². The third kappa shape index (κ3) is 5.17. The first kappa shape index (κ1) is 20.9. The number of fused-ring (bicyclic) bond motifs is 1. The van der Waals surface area contributed by atoms with Crippen molar-refractivity contribution in [1.29, 1.82) is 0 Å². The second-order valence-corrected chi connectivity index (χ2v) is 7.38. The molecule has 2 aromatic carbocycles. The average Bonchev–Trinajstić information content (AvgIpc) is 3.15. The largest absolute Gasteiger partial charge is 0.386 e. The minimum atomic E-state index is -0.198. The maximum Gasteiger partial charge on any atom is 0.254 e. The molecule has 0 spiro atoms. The smallest absolute Gasteiger partial charge is 0.254 e. The Morgan fingerprint density at radius 3 is 2.60 bits per heavy atom. The molecule has 0 aliphatic heterocycles. The SMILES string of the molecule is C=C(C)/C(CNC(=O)c1cnn(Cc2ccc3ccccc3c2)c1)=C(/C)C=C(N)N. The number of nitrogens with zero attached hydrogens (tertiary/aromatic N) is 2. The number of amides is 1. The highest BCUT2D eigenvalue weighted by atomic mass is 16.1. The number of allylic oxidation sites excluding steroid dienone is 2. The zero-order valence-corrected chi connectivity index (χ0v) is 17.4. The van der Waals surface area contributed by atoms with Crippen molar-refractivity contribution in [2.75, 3.05) is 6.54 Å². The number of hydrogen-bond donors (Lipinski definition) is 3. The number of aromatic nitrogens is 2. The van der Waals surface area contributed by atoms with Gasteiger partial charge in [-0.15, -0.1) is 0 Å².